The number of carboxylic acid groups (broad SMARTS) is 1. The van der Waals surface area contributed by atoms with Crippen molar-refractivity contribution < 1.29 is 46.9 Å². The topological polar surface area (TPSA) is 242 Å². The van der Waals surface area contributed by atoms with Crippen molar-refractivity contribution in [3.05, 3.63) is 96.2 Å². The first-order valence-corrected chi connectivity index (χ1v) is 23.8. The highest BCUT2D eigenvalue weighted by Crippen LogP contribution is 2.40. The molecule has 68 heavy (non-hydrogen) atoms. The molecule has 1 fully saturated rings. The number of sulfonamides is 1. The minimum absolute atomic E-state index is 0.0662. The number of nitrogens with zero attached hydrogens (tertiary/aromatic N) is 3. The number of carbonyl (C=O) groups excluding carboxylic acids is 3. The number of amides is 4. The molecule has 362 valence electrons. The molecule has 20 heteroatoms. The average Bonchev–Trinajstić information content (AvgIpc) is 3.29. The lowest BCUT2D eigenvalue weighted by Crippen LogP contribution is -2.50. The quantitative estimate of drug-likeness (QED) is 0.0472. The Morgan fingerprint density at radius 2 is 1.54 bits per heavy atom. The molecular weight excluding hydrogens is 895 g/mol. The predicted octanol–water partition coefficient (Wildman–Crippen LogP) is 6.43. The summed E-state index contributed by atoms with van der Waals surface area (Å²) in [6.45, 7) is 9.25. The van der Waals surface area contributed by atoms with E-state index < -0.39 is 28.1 Å². The number of carboxylic acids is 1. The number of pyridine rings is 1. The highest BCUT2D eigenvalue weighted by molar-refractivity contribution is 7.92. The van der Waals surface area contributed by atoms with Gasteiger partial charge >= 0.3 is 12.0 Å². The molecule has 19 nitrogen and oxygen atoms in total. The van der Waals surface area contributed by atoms with Gasteiger partial charge in [0.25, 0.3) is 5.91 Å². The maximum atomic E-state index is 13.6. The van der Waals surface area contributed by atoms with Crippen LogP contribution in [-0.2, 0) is 25.0 Å². The Balaban J connectivity index is 1.06. The van der Waals surface area contributed by atoms with Crippen molar-refractivity contribution in [3.63, 3.8) is 0 Å². The van der Waals surface area contributed by atoms with Crippen LogP contribution in [0.3, 0.4) is 0 Å². The summed E-state index contributed by atoms with van der Waals surface area (Å²) in [6.07, 6.45) is 3.02. The molecule has 0 bridgehead atoms. The van der Waals surface area contributed by atoms with Gasteiger partial charge in [-0.3, -0.25) is 24.0 Å². The maximum Gasteiger partial charge on any atom is 0.323 e. The molecule has 4 amide bonds. The summed E-state index contributed by atoms with van der Waals surface area (Å²) in [4.78, 5) is 59.1. The summed E-state index contributed by atoms with van der Waals surface area (Å²) in [5, 5.41) is 25.3. The Morgan fingerprint density at radius 1 is 0.838 bits per heavy atom. The second kappa shape index (κ2) is 22.1. The molecule has 2 heterocycles. The number of likely N-dealkylation sites (N-methyl/N-ethyl adjacent to an activating group) is 1. The van der Waals surface area contributed by atoms with E-state index in [0.717, 1.165) is 11.8 Å². The lowest BCUT2D eigenvalue weighted by Gasteiger charge is -2.35. The number of methoxy groups -OCH3 is 2. The van der Waals surface area contributed by atoms with Crippen LogP contribution >= 0.6 is 0 Å². The van der Waals surface area contributed by atoms with Crippen LogP contribution in [0.5, 0.6) is 23.0 Å². The molecule has 6 rings (SSSR count). The van der Waals surface area contributed by atoms with Gasteiger partial charge in [-0.1, -0.05) is 45.0 Å². The highest BCUT2D eigenvalue weighted by atomic mass is 32.2. The van der Waals surface area contributed by atoms with Crippen LogP contribution in [-0.4, -0.2) is 125 Å². The van der Waals surface area contributed by atoms with Crippen molar-refractivity contribution in [2.45, 2.75) is 45.1 Å². The van der Waals surface area contributed by atoms with Gasteiger partial charge in [-0.2, -0.15) is 0 Å². The molecule has 1 atom stereocenters. The van der Waals surface area contributed by atoms with Crippen LogP contribution in [0, 0.1) is 0 Å². The first kappa shape index (κ1) is 50.3. The molecule has 1 aliphatic heterocycles. The first-order chi connectivity index (χ1) is 32.3. The van der Waals surface area contributed by atoms with Gasteiger partial charge in [-0.05, 0) is 66.9 Å². The number of aliphatic carboxylic acids is 1. The lowest BCUT2D eigenvalue weighted by molar-refractivity contribution is -0.140. The van der Waals surface area contributed by atoms with E-state index in [-0.39, 0.29) is 47.2 Å². The molecule has 0 saturated carbocycles. The number of benzene rings is 4. The number of urea groups is 1. The number of carbonyl (C=O) groups is 4. The Labute approximate surface area is 396 Å². The van der Waals surface area contributed by atoms with Gasteiger partial charge < -0.3 is 50.8 Å². The van der Waals surface area contributed by atoms with Crippen molar-refractivity contribution >= 4 is 73.2 Å². The number of anilines is 5. The van der Waals surface area contributed by atoms with E-state index in [2.05, 4.69) is 41.2 Å². The van der Waals surface area contributed by atoms with Crippen molar-refractivity contribution in [2.24, 2.45) is 0 Å². The summed E-state index contributed by atoms with van der Waals surface area (Å²) < 4.78 is 44.4. The van der Waals surface area contributed by atoms with Gasteiger partial charge in [0.1, 0.15) is 29.1 Å². The van der Waals surface area contributed by atoms with Gasteiger partial charge in [-0.15, -0.1) is 0 Å². The standard InChI is InChI=1S/C48H59N9O10S/c1-48(2,3)30-26-38(44(66-6)39(27-30)55-68(7,63)64)54-47(62)53-36-14-16-40(34-11-9-8-10-33(34)36)67-32-18-19-50-42(29-32)52-31-12-13-35(41(28-31)65-5)45(59)51-20-21-56-22-24-57(25-23-56)43(58)17-15-37(49-4)46(60)61/h8-14,16,18-19,26-29,37,49,55H,15,17,20-25H2,1-7H3,(H,50,52)(H,51,59)(H,60,61)(H2,53,54,62)/t37-/m0/s1. The molecule has 0 aliphatic carbocycles. The number of hydrogen-bond acceptors (Lipinski definition) is 13. The van der Waals surface area contributed by atoms with E-state index in [1.54, 1.807) is 72.7 Å². The molecule has 1 aliphatic rings. The van der Waals surface area contributed by atoms with Crippen molar-refractivity contribution in [1.29, 1.82) is 0 Å². The first-order valence-electron chi connectivity index (χ1n) is 21.9. The smallest absolute Gasteiger partial charge is 0.323 e. The van der Waals surface area contributed by atoms with E-state index in [9.17, 15) is 32.7 Å². The van der Waals surface area contributed by atoms with E-state index in [0.29, 0.717) is 90.0 Å². The molecule has 0 radical (unpaired) electrons. The normalized spacial score (nSPS) is 13.5. The molecule has 1 aromatic heterocycles. The fourth-order valence-electron chi connectivity index (χ4n) is 7.63. The molecular formula is C48H59N9O10S. The van der Waals surface area contributed by atoms with Crippen LogP contribution in [0.25, 0.3) is 10.8 Å². The van der Waals surface area contributed by atoms with Crippen molar-refractivity contribution in [2.75, 3.05) is 87.5 Å². The second-order valence-electron chi connectivity index (χ2n) is 17.2. The summed E-state index contributed by atoms with van der Waals surface area (Å²) in [7, 11) is 0.784. The third-order valence-electron chi connectivity index (χ3n) is 11.2. The summed E-state index contributed by atoms with van der Waals surface area (Å²) >= 11 is 0. The van der Waals surface area contributed by atoms with Crippen LogP contribution < -0.4 is 45.5 Å². The third-order valence-corrected chi connectivity index (χ3v) is 11.8. The highest BCUT2D eigenvalue weighted by Gasteiger charge is 2.25. The van der Waals surface area contributed by atoms with E-state index in [4.69, 9.17) is 14.2 Å². The van der Waals surface area contributed by atoms with Crippen LogP contribution in [0.4, 0.5) is 33.4 Å². The molecule has 7 N–H and O–H groups in total. The molecule has 0 unspecified atom stereocenters. The summed E-state index contributed by atoms with van der Waals surface area (Å²) in [5.41, 5.74) is 2.32. The van der Waals surface area contributed by atoms with E-state index in [1.165, 1.54) is 14.2 Å². The Hall–Kier alpha value is -7.16. The fourth-order valence-corrected chi connectivity index (χ4v) is 8.18. The van der Waals surface area contributed by atoms with Crippen LogP contribution in [0.1, 0.15) is 49.5 Å². The maximum absolute atomic E-state index is 13.6. The number of piperazine rings is 1. The Kier molecular flexibility index (Phi) is 16.3. The zero-order chi connectivity index (χ0) is 49.2. The van der Waals surface area contributed by atoms with Crippen LogP contribution in [0.15, 0.2) is 85.1 Å². The van der Waals surface area contributed by atoms with Gasteiger partial charge in [0, 0.05) is 80.5 Å². The number of ether oxygens (including phenoxy) is 3. The summed E-state index contributed by atoms with van der Waals surface area (Å²) in [5.74, 6) is 0.624. The molecule has 0 spiro atoms. The zero-order valence-corrected chi connectivity index (χ0v) is 40.0. The Morgan fingerprint density at radius 3 is 2.21 bits per heavy atom. The number of rotatable bonds is 19. The fraction of sp³-hybridized carbons (Fsp3) is 0.354. The number of aromatic nitrogens is 1. The zero-order valence-electron chi connectivity index (χ0n) is 39.2. The predicted molar refractivity (Wildman–Crippen MR) is 262 cm³/mol. The minimum Gasteiger partial charge on any atom is -0.496 e. The average molecular weight is 954 g/mol. The number of fused-ring (bicyclic) bond motifs is 1. The van der Waals surface area contributed by atoms with Crippen molar-refractivity contribution in [1.82, 2.24) is 25.4 Å². The SMILES string of the molecule is CN[C@@H](CCC(=O)N1CCN(CCNC(=O)c2ccc(Nc3cc(Oc4ccc(NC(=O)Nc5cc(C(C)(C)C)cc(NS(C)(=O)=O)c5OC)c5ccccc45)ccn3)cc2OC)CC1)C(=O)O. The largest absolute Gasteiger partial charge is 0.496 e. The second-order valence-corrected chi connectivity index (χ2v) is 18.9. The number of hydrogen-bond donors (Lipinski definition) is 7. The van der Waals surface area contributed by atoms with Gasteiger partial charge in [0.15, 0.2) is 5.75 Å². The molecule has 4 aromatic carbocycles. The minimum atomic E-state index is -3.66. The molecule has 5 aromatic rings. The third kappa shape index (κ3) is 13.3. The monoisotopic (exact) mass is 953 g/mol. The molecule has 1 saturated heterocycles. The van der Waals surface area contributed by atoms with Gasteiger partial charge in [0.2, 0.25) is 15.9 Å². The van der Waals surface area contributed by atoms with Crippen LogP contribution in [0.2, 0.25) is 0 Å². The summed E-state index contributed by atoms with van der Waals surface area (Å²) in [6, 6.07) is 21.5. The number of nitrogens with one attached hydrogen (secondary N) is 6. The van der Waals surface area contributed by atoms with Crippen molar-refractivity contribution in [3.8, 4) is 23.0 Å². The Bertz CT molecular complexity index is 2760. The van der Waals surface area contributed by atoms with E-state index in [1.807, 2.05) is 45.0 Å². The van der Waals surface area contributed by atoms with Gasteiger partial charge in [0.05, 0.1) is 43.1 Å². The van der Waals surface area contributed by atoms with E-state index >= 15 is 0 Å². The van der Waals surface area contributed by atoms with Gasteiger partial charge in [-0.25, -0.2) is 18.2 Å². The lowest BCUT2D eigenvalue weighted by atomic mass is 9.86.